The van der Waals surface area contributed by atoms with Crippen molar-refractivity contribution in [1.29, 1.82) is 0 Å². The van der Waals surface area contributed by atoms with Crippen LogP contribution < -0.4 is 5.32 Å². The molecule has 3 N–H and O–H groups in total. The normalized spacial score (nSPS) is 41.4. The Bertz CT molecular complexity index is 1400. The van der Waals surface area contributed by atoms with Gasteiger partial charge in [-0.05, 0) is 127 Å². The lowest BCUT2D eigenvalue weighted by Crippen LogP contribution is -2.65. The number of hydrogen-bond acceptors (Lipinski definition) is 5. The van der Waals surface area contributed by atoms with Crippen LogP contribution in [0, 0.1) is 50.2 Å². The minimum atomic E-state index is -0.789. The molecule has 0 radical (unpaired) electrons. The van der Waals surface area contributed by atoms with Gasteiger partial charge in [-0.15, -0.1) is 0 Å². The van der Waals surface area contributed by atoms with Gasteiger partial charge in [0.1, 0.15) is 11.8 Å². The summed E-state index contributed by atoms with van der Waals surface area (Å²) in [5.41, 5.74) is 2.17. The molecule has 5 aliphatic rings. The van der Waals surface area contributed by atoms with Crippen LogP contribution in [-0.2, 0) is 20.7 Å². The Morgan fingerprint density at radius 1 is 0.913 bits per heavy atom. The lowest BCUT2D eigenvalue weighted by molar-refractivity contribution is -0.203. The van der Waals surface area contributed by atoms with Crippen molar-refractivity contribution >= 4 is 11.9 Å². The quantitative estimate of drug-likeness (QED) is 0.228. The smallest absolute Gasteiger partial charge is 0.328 e. The fourth-order valence-electron chi connectivity index (χ4n) is 12.1. The van der Waals surface area contributed by atoms with Gasteiger partial charge in [0.2, 0.25) is 5.91 Å². The number of rotatable bonds is 5. The Labute approximate surface area is 277 Å². The van der Waals surface area contributed by atoms with Crippen LogP contribution in [0.2, 0.25) is 0 Å². The SMILES string of the molecule is COC(=O)[C@H](Cc1ccc(O)cc1)NC(=O)[C@]12CCC(C)(C)C[C@H]1C1=CC[C@@H]3[C@@]4(C)CC[C@H](O)C(C)(C)[C@@H]4CC[C@@]3(C)[C@]1(C)CC2. The lowest BCUT2D eigenvalue weighted by Gasteiger charge is -2.71. The maximum absolute atomic E-state index is 14.7. The zero-order chi connectivity index (χ0) is 33.5. The van der Waals surface area contributed by atoms with Gasteiger partial charge in [-0.2, -0.15) is 0 Å². The number of methoxy groups -OCH3 is 1. The summed E-state index contributed by atoms with van der Waals surface area (Å²) in [5.74, 6) is 0.913. The monoisotopic (exact) mass is 633 g/mol. The van der Waals surface area contributed by atoms with E-state index < -0.39 is 17.4 Å². The fourth-order valence-corrected chi connectivity index (χ4v) is 12.1. The average Bonchev–Trinajstić information content (AvgIpc) is 2.99. The van der Waals surface area contributed by atoms with Gasteiger partial charge in [-0.25, -0.2) is 4.79 Å². The number of carbonyl (C=O) groups excluding carboxylic acids is 2. The number of phenols is 1. The first-order valence-electron chi connectivity index (χ1n) is 18.0. The maximum Gasteiger partial charge on any atom is 0.328 e. The molecular formula is C40H59NO5. The Hall–Kier alpha value is -2.34. The van der Waals surface area contributed by atoms with E-state index in [0.717, 1.165) is 69.8 Å². The second-order valence-corrected chi connectivity index (χ2v) is 18.2. The van der Waals surface area contributed by atoms with E-state index in [2.05, 4.69) is 59.9 Å². The molecule has 0 aliphatic heterocycles. The van der Waals surface area contributed by atoms with E-state index in [0.29, 0.717) is 18.3 Å². The standard InChI is InChI=1S/C40H59NO5/c1-35(2)19-21-40(34(45)41-29(33(44)46-8)23-25-9-11-26(42)12-10-25)22-20-38(6)27(28(40)24-35)13-14-31-37(5)17-16-32(43)36(3,4)30(37)15-18-39(31,38)7/h9-13,28-32,42-43H,14-24H2,1-8H3,(H,41,45)/t28-,29-,30-,31+,32-,37-,38+,39+,40-/m0/s1. The van der Waals surface area contributed by atoms with E-state index in [1.807, 2.05) is 0 Å². The second kappa shape index (κ2) is 11.1. The lowest BCUT2D eigenvalue weighted by atomic mass is 9.33. The van der Waals surface area contributed by atoms with Gasteiger partial charge in [0.25, 0.3) is 0 Å². The number of ether oxygens (including phenoxy) is 1. The summed E-state index contributed by atoms with van der Waals surface area (Å²) in [6, 6.07) is 6.02. The van der Waals surface area contributed by atoms with Crippen LogP contribution in [0.5, 0.6) is 5.75 Å². The molecule has 5 aliphatic carbocycles. The third-order valence-corrected chi connectivity index (χ3v) is 15.2. The van der Waals surface area contributed by atoms with Crippen LogP contribution in [0.15, 0.2) is 35.9 Å². The molecular weight excluding hydrogens is 574 g/mol. The molecule has 0 spiro atoms. The molecule has 9 atom stereocenters. The topological polar surface area (TPSA) is 95.9 Å². The zero-order valence-corrected chi connectivity index (χ0v) is 29.7. The molecule has 0 unspecified atom stereocenters. The van der Waals surface area contributed by atoms with E-state index in [9.17, 15) is 19.8 Å². The van der Waals surface area contributed by atoms with Gasteiger partial charge in [0.05, 0.1) is 18.6 Å². The van der Waals surface area contributed by atoms with Gasteiger partial charge in [-0.1, -0.05) is 72.2 Å². The largest absolute Gasteiger partial charge is 0.508 e. The van der Waals surface area contributed by atoms with Gasteiger partial charge < -0.3 is 20.3 Å². The second-order valence-electron chi connectivity index (χ2n) is 18.2. The highest BCUT2D eigenvalue weighted by molar-refractivity contribution is 5.89. The van der Waals surface area contributed by atoms with Crippen LogP contribution in [0.25, 0.3) is 0 Å². The number of aliphatic hydroxyl groups excluding tert-OH is 1. The Morgan fingerprint density at radius 2 is 1.59 bits per heavy atom. The summed E-state index contributed by atoms with van der Waals surface area (Å²) < 4.78 is 5.18. The molecule has 46 heavy (non-hydrogen) atoms. The van der Waals surface area contributed by atoms with E-state index >= 15 is 0 Å². The molecule has 1 aromatic carbocycles. The number of esters is 1. The fraction of sp³-hybridized carbons (Fsp3) is 0.750. The third-order valence-electron chi connectivity index (χ3n) is 15.2. The van der Waals surface area contributed by atoms with Crippen molar-refractivity contribution in [1.82, 2.24) is 5.32 Å². The van der Waals surface area contributed by atoms with Gasteiger partial charge in [0, 0.05) is 6.42 Å². The number of fused-ring (bicyclic) bond motifs is 7. The van der Waals surface area contributed by atoms with Crippen LogP contribution in [0.4, 0.5) is 0 Å². The van der Waals surface area contributed by atoms with Crippen LogP contribution >= 0.6 is 0 Å². The van der Waals surface area contributed by atoms with Crippen LogP contribution in [-0.4, -0.2) is 41.3 Å². The number of carbonyl (C=O) groups is 2. The molecule has 6 rings (SSSR count). The number of aliphatic hydroxyl groups is 1. The van der Waals surface area contributed by atoms with E-state index in [1.165, 1.54) is 12.7 Å². The Kier molecular flexibility index (Phi) is 8.10. The average molecular weight is 634 g/mol. The molecule has 0 aromatic heterocycles. The van der Waals surface area contributed by atoms with Crippen molar-refractivity contribution in [2.24, 2.45) is 50.2 Å². The molecule has 1 aromatic rings. The first-order chi connectivity index (χ1) is 21.4. The highest BCUT2D eigenvalue weighted by Crippen LogP contribution is 2.75. The minimum Gasteiger partial charge on any atom is -0.508 e. The molecule has 0 bridgehead atoms. The molecule has 254 valence electrons. The van der Waals surface area contributed by atoms with Gasteiger partial charge >= 0.3 is 5.97 Å². The number of phenolic OH excluding ortho intramolecular Hbond substituents is 1. The highest BCUT2D eigenvalue weighted by atomic mass is 16.5. The molecule has 4 fully saturated rings. The predicted molar refractivity (Wildman–Crippen MR) is 181 cm³/mol. The highest BCUT2D eigenvalue weighted by Gasteiger charge is 2.69. The van der Waals surface area contributed by atoms with E-state index in [4.69, 9.17) is 4.74 Å². The summed E-state index contributed by atoms with van der Waals surface area (Å²) in [6.45, 7) is 17.0. The molecule has 0 saturated heterocycles. The predicted octanol–water partition coefficient (Wildman–Crippen LogP) is 7.76. The Morgan fingerprint density at radius 3 is 2.26 bits per heavy atom. The summed E-state index contributed by atoms with van der Waals surface area (Å²) in [7, 11) is 1.38. The number of allylic oxidation sites excluding steroid dienone is 2. The summed E-state index contributed by atoms with van der Waals surface area (Å²) in [6.07, 6.45) is 12.6. The van der Waals surface area contributed by atoms with Crippen molar-refractivity contribution in [2.75, 3.05) is 7.11 Å². The molecule has 6 nitrogen and oxygen atoms in total. The van der Waals surface area contributed by atoms with E-state index in [1.54, 1.807) is 24.3 Å². The van der Waals surface area contributed by atoms with Crippen LogP contribution in [0.1, 0.15) is 118 Å². The minimum absolute atomic E-state index is 0.000238. The molecule has 0 heterocycles. The van der Waals surface area contributed by atoms with Crippen molar-refractivity contribution < 1.29 is 24.5 Å². The zero-order valence-electron chi connectivity index (χ0n) is 29.7. The first-order valence-corrected chi connectivity index (χ1v) is 18.0. The molecule has 1 amide bonds. The number of benzene rings is 1. The summed E-state index contributed by atoms with van der Waals surface area (Å²) in [5, 5.41) is 24.1. The van der Waals surface area contributed by atoms with Gasteiger partial charge in [0.15, 0.2) is 0 Å². The van der Waals surface area contributed by atoms with E-state index in [-0.39, 0.29) is 50.8 Å². The van der Waals surface area contributed by atoms with Crippen molar-refractivity contribution in [3.63, 3.8) is 0 Å². The number of amides is 1. The summed E-state index contributed by atoms with van der Waals surface area (Å²) in [4.78, 5) is 27.8. The van der Waals surface area contributed by atoms with Crippen LogP contribution in [0.3, 0.4) is 0 Å². The third kappa shape index (κ3) is 4.89. The van der Waals surface area contributed by atoms with Crippen molar-refractivity contribution in [3.8, 4) is 5.75 Å². The number of aromatic hydroxyl groups is 1. The van der Waals surface area contributed by atoms with Crippen molar-refractivity contribution in [3.05, 3.63) is 41.5 Å². The number of hydrogen-bond donors (Lipinski definition) is 3. The molecule has 4 saturated carbocycles. The number of nitrogens with one attached hydrogen (secondary N) is 1. The summed E-state index contributed by atoms with van der Waals surface area (Å²) >= 11 is 0. The Balaban J connectivity index is 1.35. The maximum atomic E-state index is 14.7. The van der Waals surface area contributed by atoms with Crippen molar-refractivity contribution in [2.45, 2.75) is 131 Å². The molecule has 6 heteroatoms. The first kappa shape index (κ1) is 33.6. The van der Waals surface area contributed by atoms with Gasteiger partial charge in [-0.3, -0.25) is 4.79 Å².